The summed E-state index contributed by atoms with van der Waals surface area (Å²) in [6.45, 7) is 2.29. The molecule has 1 aliphatic carbocycles. The molecule has 1 aliphatic heterocycles. The van der Waals surface area contributed by atoms with Crippen LogP contribution >= 0.6 is 0 Å². The summed E-state index contributed by atoms with van der Waals surface area (Å²) >= 11 is 0. The summed E-state index contributed by atoms with van der Waals surface area (Å²) in [5, 5.41) is 2.77. The third-order valence-electron chi connectivity index (χ3n) is 7.59. The number of carbonyl (C=O) groups is 3. The normalized spacial score (nSPS) is 20.2. The van der Waals surface area contributed by atoms with Gasteiger partial charge >= 0.3 is 0 Å². The molecular formula is C27H41N3O6. The number of rotatable bonds is 10. The molecule has 1 saturated heterocycles. The molecule has 3 N–H and O–H groups in total. The zero-order valence-electron chi connectivity index (χ0n) is 22.0. The fourth-order valence-electron chi connectivity index (χ4n) is 5.65. The van der Waals surface area contributed by atoms with E-state index in [1.165, 1.54) is 0 Å². The van der Waals surface area contributed by atoms with Gasteiger partial charge in [-0.3, -0.25) is 14.4 Å². The van der Waals surface area contributed by atoms with Crippen LogP contribution in [0.2, 0.25) is 0 Å². The SMILES string of the molecule is CC[C@H](NC(=O)C1CCCCN1C(=O)[C@H](c1cc(OC)c(OC)c(OC)c1)C1CCCCC1)C(N)=O. The monoisotopic (exact) mass is 503 g/mol. The van der Waals surface area contributed by atoms with Gasteiger partial charge in [0.1, 0.15) is 12.1 Å². The summed E-state index contributed by atoms with van der Waals surface area (Å²) < 4.78 is 16.7. The molecule has 3 amide bonds. The van der Waals surface area contributed by atoms with E-state index in [1.54, 1.807) is 33.2 Å². The number of hydrogen-bond donors (Lipinski definition) is 2. The van der Waals surface area contributed by atoms with Gasteiger partial charge in [-0.15, -0.1) is 0 Å². The molecule has 9 heteroatoms. The molecule has 2 aliphatic rings. The van der Waals surface area contributed by atoms with Crippen molar-refractivity contribution in [3.63, 3.8) is 0 Å². The number of nitrogens with one attached hydrogen (secondary N) is 1. The number of benzene rings is 1. The van der Waals surface area contributed by atoms with Gasteiger partial charge in [0, 0.05) is 6.54 Å². The Hall–Kier alpha value is -2.97. The van der Waals surface area contributed by atoms with Gasteiger partial charge in [-0.1, -0.05) is 26.2 Å². The first kappa shape index (κ1) is 27.6. The maximum Gasteiger partial charge on any atom is 0.243 e. The second-order valence-electron chi connectivity index (χ2n) is 9.75. The molecule has 1 saturated carbocycles. The Morgan fingerprint density at radius 2 is 1.58 bits per heavy atom. The summed E-state index contributed by atoms with van der Waals surface area (Å²) in [6, 6.07) is 2.34. The summed E-state index contributed by atoms with van der Waals surface area (Å²) in [5.74, 6) is 0.229. The Morgan fingerprint density at radius 3 is 2.11 bits per heavy atom. The number of piperidine rings is 1. The standard InChI is InChI=1S/C27H41N3O6/c1-5-19(25(28)31)29-26(32)20-13-9-10-14-30(20)27(33)23(17-11-7-6-8-12-17)18-15-21(34-2)24(36-4)22(16-18)35-3/h15-17,19-20,23H,5-14H2,1-4H3,(H2,28,31)(H,29,32)/t19-,20?,23-/m0/s1. The van der Waals surface area contributed by atoms with Crippen LogP contribution in [0.1, 0.15) is 76.2 Å². The fraction of sp³-hybridized carbons (Fsp3) is 0.667. The second-order valence-corrected chi connectivity index (χ2v) is 9.75. The predicted molar refractivity (Wildman–Crippen MR) is 136 cm³/mol. The van der Waals surface area contributed by atoms with Crippen LogP contribution in [0.5, 0.6) is 17.2 Å². The van der Waals surface area contributed by atoms with Gasteiger partial charge in [0.15, 0.2) is 11.5 Å². The molecule has 3 rings (SSSR count). The van der Waals surface area contributed by atoms with Gasteiger partial charge in [0.25, 0.3) is 0 Å². The molecule has 1 unspecified atom stereocenters. The third-order valence-corrected chi connectivity index (χ3v) is 7.59. The molecule has 3 atom stereocenters. The highest BCUT2D eigenvalue weighted by molar-refractivity contribution is 5.93. The molecule has 2 fully saturated rings. The van der Waals surface area contributed by atoms with Crippen molar-refractivity contribution in [2.75, 3.05) is 27.9 Å². The van der Waals surface area contributed by atoms with Crippen molar-refractivity contribution in [1.82, 2.24) is 10.2 Å². The average Bonchev–Trinajstić information content (AvgIpc) is 2.91. The highest BCUT2D eigenvalue weighted by Gasteiger charge is 2.40. The number of nitrogens with two attached hydrogens (primary N) is 1. The molecule has 36 heavy (non-hydrogen) atoms. The van der Waals surface area contributed by atoms with Crippen LogP contribution in [0.15, 0.2) is 12.1 Å². The molecule has 0 bridgehead atoms. The maximum absolute atomic E-state index is 14.3. The predicted octanol–water partition coefficient (Wildman–Crippen LogP) is 3.14. The lowest BCUT2D eigenvalue weighted by Gasteiger charge is -2.40. The second kappa shape index (κ2) is 12.8. The number of hydrogen-bond acceptors (Lipinski definition) is 6. The van der Waals surface area contributed by atoms with Crippen LogP contribution in [0, 0.1) is 5.92 Å². The minimum absolute atomic E-state index is 0.0665. The maximum atomic E-state index is 14.3. The van der Waals surface area contributed by atoms with Gasteiger partial charge in [-0.25, -0.2) is 0 Å². The van der Waals surface area contributed by atoms with Crippen molar-refractivity contribution in [2.24, 2.45) is 11.7 Å². The van der Waals surface area contributed by atoms with Crippen LogP contribution < -0.4 is 25.3 Å². The molecule has 1 aromatic rings. The molecule has 9 nitrogen and oxygen atoms in total. The van der Waals surface area contributed by atoms with E-state index in [2.05, 4.69) is 5.32 Å². The van der Waals surface area contributed by atoms with Crippen molar-refractivity contribution in [1.29, 1.82) is 0 Å². The smallest absolute Gasteiger partial charge is 0.243 e. The minimum Gasteiger partial charge on any atom is -0.493 e. The molecule has 0 spiro atoms. The number of primary amides is 1. The van der Waals surface area contributed by atoms with Crippen molar-refractivity contribution >= 4 is 17.7 Å². The lowest BCUT2D eigenvalue weighted by atomic mass is 9.75. The fourth-order valence-corrected chi connectivity index (χ4v) is 5.65. The highest BCUT2D eigenvalue weighted by Crippen LogP contribution is 2.45. The zero-order chi connectivity index (χ0) is 26.2. The lowest BCUT2D eigenvalue weighted by Crippen LogP contribution is -2.56. The van der Waals surface area contributed by atoms with Crippen molar-refractivity contribution in [3.8, 4) is 17.2 Å². The van der Waals surface area contributed by atoms with E-state index in [1.807, 2.05) is 12.1 Å². The van der Waals surface area contributed by atoms with Crippen molar-refractivity contribution in [3.05, 3.63) is 17.7 Å². The summed E-state index contributed by atoms with van der Waals surface area (Å²) in [4.78, 5) is 41.0. The van der Waals surface area contributed by atoms with Crippen LogP contribution in [-0.4, -0.2) is 62.6 Å². The van der Waals surface area contributed by atoms with E-state index in [4.69, 9.17) is 19.9 Å². The van der Waals surface area contributed by atoms with E-state index >= 15 is 0 Å². The van der Waals surface area contributed by atoms with Crippen LogP contribution in [0.4, 0.5) is 0 Å². The van der Waals surface area contributed by atoms with Gasteiger partial charge in [0.05, 0.1) is 27.2 Å². The molecule has 0 radical (unpaired) electrons. The first-order chi connectivity index (χ1) is 17.4. The number of carbonyl (C=O) groups excluding carboxylic acids is 3. The van der Waals surface area contributed by atoms with Gasteiger partial charge in [-0.2, -0.15) is 0 Å². The van der Waals surface area contributed by atoms with Crippen molar-refractivity contribution in [2.45, 2.75) is 82.7 Å². The number of ether oxygens (including phenoxy) is 3. The highest BCUT2D eigenvalue weighted by atomic mass is 16.5. The average molecular weight is 504 g/mol. The van der Waals surface area contributed by atoms with Crippen LogP contribution in [0.25, 0.3) is 0 Å². The van der Waals surface area contributed by atoms with Crippen LogP contribution in [0.3, 0.4) is 0 Å². The van der Waals surface area contributed by atoms with Crippen molar-refractivity contribution < 1.29 is 28.6 Å². The number of likely N-dealkylation sites (tertiary alicyclic amines) is 1. The molecule has 1 aromatic carbocycles. The Kier molecular flexibility index (Phi) is 9.84. The Balaban J connectivity index is 1.99. The van der Waals surface area contributed by atoms with E-state index in [0.29, 0.717) is 36.6 Å². The topological polar surface area (TPSA) is 120 Å². The Morgan fingerprint density at radius 1 is 0.972 bits per heavy atom. The van der Waals surface area contributed by atoms with E-state index in [0.717, 1.165) is 50.5 Å². The van der Waals surface area contributed by atoms with Gasteiger partial charge < -0.3 is 30.2 Å². The third kappa shape index (κ3) is 6.05. The summed E-state index contributed by atoms with van der Waals surface area (Å²) in [6.07, 6.45) is 7.81. The number of nitrogens with zero attached hydrogens (tertiary/aromatic N) is 1. The van der Waals surface area contributed by atoms with Gasteiger partial charge in [-0.05, 0) is 62.1 Å². The van der Waals surface area contributed by atoms with Crippen LogP contribution in [-0.2, 0) is 14.4 Å². The largest absolute Gasteiger partial charge is 0.493 e. The Bertz CT molecular complexity index is 905. The molecule has 200 valence electrons. The first-order valence-corrected chi connectivity index (χ1v) is 13.1. The molecule has 0 aromatic heterocycles. The van der Waals surface area contributed by atoms with E-state index in [9.17, 15) is 14.4 Å². The van der Waals surface area contributed by atoms with E-state index < -0.39 is 23.9 Å². The minimum atomic E-state index is -0.749. The Labute approximate surface area is 214 Å². The molecular weight excluding hydrogens is 462 g/mol. The molecule has 1 heterocycles. The first-order valence-electron chi connectivity index (χ1n) is 13.1. The zero-order valence-corrected chi connectivity index (χ0v) is 22.0. The summed E-state index contributed by atoms with van der Waals surface area (Å²) in [7, 11) is 4.68. The lowest BCUT2D eigenvalue weighted by molar-refractivity contribution is -0.145. The quantitative estimate of drug-likeness (QED) is 0.506. The number of amides is 3. The number of methoxy groups -OCH3 is 3. The summed E-state index contributed by atoms with van der Waals surface area (Å²) in [5.41, 5.74) is 6.25. The van der Waals surface area contributed by atoms with E-state index in [-0.39, 0.29) is 17.7 Å². The van der Waals surface area contributed by atoms with Gasteiger partial charge in [0.2, 0.25) is 23.5 Å².